The molecule has 1 amide bonds. The molecule has 130 valence electrons. The first-order chi connectivity index (χ1) is 11.7. The van der Waals surface area contributed by atoms with Gasteiger partial charge in [0.2, 0.25) is 0 Å². The third-order valence-electron chi connectivity index (χ3n) is 4.12. The van der Waals surface area contributed by atoms with Gasteiger partial charge in [0.1, 0.15) is 17.0 Å². The van der Waals surface area contributed by atoms with Crippen LogP contribution in [0.1, 0.15) is 32.6 Å². The second-order valence-corrected chi connectivity index (χ2v) is 7.53. The van der Waals surface area contributed by atoms with Crippen LogP contribution in [0.2, 0.25) is 4.34 Å². The second kappa shape index (κ2) is 7.98. The zero-order valence-electron chi connectivity index (χ0n) is 13.6. The van der Waals surface area contributed by atoms with E-state index in [1.54, 1.807) is 11.2 Å². The number of amides is 1. The zero-order chi connectivity index (χ0) is 16.9. The summed E-state index contributed by atoms with van der Waals surface area (Å²) >= 11 is 7.52. The topological polar surface area (TPSA) is 67.3 Å². The van der Waals surface area contributed by atoms with Crippen molar-refractivity contribution in [3.05, 3.63) is 16.7 Å². The Kier molecular flexibility index (Phi) is 5.73. The highest BCUT2D eigenvalue weighted by Crippen LogP contribution is 2.32. The Bertz CT molecular complexity index is 700. The minimum atomic E-state index is -0.198. The van der Waals surface area contributed by atoms with Gasteiger partial charge in [0.15, 0.2) is 0 Å². The van der Waals surface area contributed by atoms with Gasteiger partial charge in [-0.1, -0.05) is 24.9 Å². The minimum Gasteiger partial charge on any atom is -0.449 e. The molecule has 3 heterocycles. The Hall–Kier alpha value is -1.60. The maximum Gasteiger partial charge on any atom is 0.409 e. The number of carbonyl (C=O) groups excluding carboxylic acids is 1. The summed E-state index contributed by atoms with van der Waals surface area (Å²) in [5.74, 6) is 0.812. The number of hydrogen-bond acceptors (Lipinski definition) is 6. The number of halogens is 1. The molecule has 0 bridgehead atoms. The number of unbranched alkanes of at least 4 members (excludes halogenated alkanes) is 1. The zero-order valence-corrected chi connectivity index (χ0v) is 15.2. The highest BCUT2D eigenvalue weighted by Gasteiger charge is 2.24. The van der Waals surface area contributed by atoms with Gasteiger partial charge in [-0.3, -0.25) is 0 Å². The number of fused-ring (bicyclic) bond motifs is 1. The van der Waals surface area contributed by atoms with E-state index in [0.717, 1.165) is 41.7 Å². The smallest absolute Gasteiger partial charge is 0.409 e. The largest absolute Gasteiger partial charge is 0.449 e. The number of nitrogens with zero attached hydrogens (tertiary/aromatic N) is 3. The lowest BCUT2D eigenvalue weighted by molar-refractivity contribution is 0.0928. The standard InChI is InChI=1S/C16H21ClN4O2S/c1-2-3-8-23-16(22)21-6-4-11(5-7-21)20-14-12-9-13(17)24-15(12)19-10-18-14/h9-11H,2-8H2,1H3,(H,18,19,20). The Balaban J connectivity index is 1.54. The molecule has 0 aromatic carbocycles. The molecule has 1 N–H and O–H groups in total. The molecule has 0 spiro atoms. The first kappa shape index (κ1) is 17.2. The van der Waals surface area contributed by atoms with Gasteiger partial charge >= 0.3 is 6.09 Å². The van der Waals surface area contributed by atoms with E-state index in [1.165, 1.54) is 11.3 Å². The van der Waals surface area contributed by atoms with Gasteiger partial charge in [-0.15, -0.1) is 11.3 Å². The number of nitrogens with one attached hydrogen (secondary N) is 1. The fraction of sp³-hybridized carbons (Fsp3) is 0.562. The van der Waals surface area contributed by atoms with Gasteiger partial charge in [-0.25, -0.2) is 14.8 Å². The van der Waals surface area contributed by atoms with Crippen LogP contribution < -0.4 is 5.32 Å². The van der Waals surface area contributed by atoms with Crippen molar-refractivity contribution in [2.75, 3.05) is 25.0 Å². The van der Waals surface area contributed by atoms with Crippen LogP contribution in [0.4, 0.5) is 10.6 Å². The van der Waals surface area contributed by atoms with E-state index in [4.69, 9.17) is 16.3 Å². The lowest BCUT2D eigenvalue weighted by Crippen LogP contribution is -2.42. The monoisotopic (exact) mass is 368 g/mol. The van der Waals surface area contributed by atoms with Gasteiger partial charge < -0.3 is 15.0 Å². The molecule has 0 atom stereocenters. The van der Waals surface area contributed by atoms with Crippen LogP contribution in [0.25, 0.3) is 10.2 Å². The van der Waals surface area contributed by atoms with Gasteiger partial charge in [0.25, 0.3) is 0 Å². The Labute approximate surface area is 150 Å². The van der Waals surface area contributed by atoms with Gasteiger partial charge in [0.05, 0.1) is 16.3 Å². The number of carbonyl (C=O) groups is 1. The van der Waals surface area contributed by atoms with Gasteiger partial charge in [0, 0.05) is 19.1 Å². The predicted molar refractivity (Wildman–Crippen MR) is 96.9 cm³/mol. The third kappa shape index (κ3) is 4.08. The number of aromatic nitrogens is 2. The second-order valence-electron chi connectivity index (χ2n) is 5.87. The summed E-state index contributed by atoms with van der Waals surface area (Å²) in [4.78, 5) is 23.2. The maximum atomic E-state index is 12.0. The van der Waals surface area contributed by atoms with Crippen molar-refractivity contribution in [1.82, 2.24) is 14.9 Å². The fourth-order valence-electron chi connectivity index (χ4n) is 2.74. The third-order valence-corrected chi connectivity index (χ3v) is 5.29. The molecule has 1 aliphatic heterocycles. The quantitative estimate of drug-likeness (QED) is 0.802. The Morgan fingerprint density at radius 3 is 3.00 bits per heavy atom. The molecule has 24 heavy (non-hydrogen) atoms. The normalized spacial score (nSPS) is 15.7. The highest BCUT2D eigenvalue weighted by molar-refractivity contribution is 7.22. The van der Waals surface area contributed by atoms with Crippen LogP contribution in [0.5, 0.6) is 0 Å². The highest BCUT2D eigenvalue weighted by atomic mass is 35.5. The van der Waals surface area contributed by atoms with Crippen LogP contribution in [0.3, 0.4) is 0 Å². The van der Waals surface area contributed by atoms with Crippen LogP contribution in [0.15, 0.2) is 12.4 Å². The number of likely N-dealkylation sites (tertiary alicyclic amines) is 1. The molecule has 1 saturated heterocycles. The number of rotatable bonds is 5. The molecule has 8 heteroatoms. The summed E-state index contributed by atoms with van der Waals surface area (Å²) in [6, 6.07) is 2.17. The van der Waals surface area contributed by atoms with Crippen molar-refractivity contribution in [3.63, 3.8) is 0 Å². The number of piperidine rings is 1. The van der Waals surface area contributed by atoms with E-state index in [9.17, 15) is 4.79 Å². The lowest BCUT2D eigenvalue weighted by Gasteiger charge is -2.32. The number of ether oxygens (including phenoxy) is 1. The average Bonchev–Trinajstić information content (AvgIpc) is 2.97. The average molecular weight is 369 g/mol. The minimum absolute atomic E-state index is 0.198. The molecular weight excluding hydrogens is 348 g/mol. The van der Waals surface area contributed by atoms with E-state index in [2.05, 4.69) is 22.2 Å². The molecule has 1 aliphatic rings. The molecule has 2 aromatic heterocycles. The number of hydrogen-bond donors (Lipinski definition) is 1. The van der Waals surface area contributed by atoms with Gasteiger partial charge in [-0.05, 0) is 25.3 Å². The lowest BCUT2D eigenvalue weighted by atomic mass is 10.1. The first-order valence-electron chi connectivity index (χ1n) is 8.25. The van der Waals surface area contributed by atoms with Crippen molar-refractivity contribution in [2.24, 2.45) is 0 Å². The predicted octanol–water partition coefficient (Wildman–Crippen LogP) is 4.16. The maximum absolute atomic E-state index is 12.0. The molecule has 6 nitrogen and oxygen atoms in total. The Morgan fingerprint density at radius 1 is 1.46 bits per heavy atom. The van der Waals surface area contributed by atoms with E-state index in [-0.39, 0.29) is 12.1 Å². The molecule has 3 rings (SSSR count). The molecule has 0 radical (unpaired) electrons. The fourth-order valence-corrected chi connectivity index (χ4v) is 3.79. The SMILES string of the molecule is CCCCOC(=O)N1CCC(Nc2ncnc3sc(Cl)cc23)CC1. The van der Waals surface area contributed by atoms with E-state index in [0.29, 0.717) is 24.0 Å². The number of thiophene rings is 1. The van der Waals surface area contributed by atoms with Gasteiger partial charge in [-0.2, -0.15) is 0 Å². The molecular formula is C16H21ClN4O2S. The summed E-state index contributed by atoms with van der Waals surface area (Å²) in [5, 5.41) is 4.42. The van der Waals surface area contributed by atoms with Crippen molar-refractivity contribution in [1.29, 1.82) is 0 Å². The summed E-state index contributed by atoms with van der Waals surface area (Å²) in [7, 11) is 0. The van der Waals surface area contributed by atoms with Crippen LogP contribution in [-0.2, 0) is 4.74 Å². The molecule has 0 aliphatic carbocycles. The van der Waals surface area contributed by atoms with E-state index >= 15 is 0 Å². The van der Waals surface area contributed by atoms with Crippen LogP contribution in [-0.4, -0.2) is 46.7 Å². The van der Waals surface area contributed by atoms with Crippen molar-refractivity contribution in [2.45, 2.75) is 38.6 Å². The van der Waals surface area contributed by atoms with E-state index in [1.807, 2.05) is 6.07 Å². The Morgan fingerprint density at radius 2 is 2.25 bits per heavy atom. The first-order valence-corrected chi connectivity index (χ1v) is 9.45. The summed E-state index contributed by atoms with van der Waals surface area (Å²) in [6.45, 7) is 3.98. The van der Waals surface area contributed by atoms with Crippen LogP contribution >= 0.6 is 22.9 Å². The molecule has 0 saturated carbocycles. The number of anilines is 1. The van der Waals surface area contributed by atoms with Crippen molar-refractivity contribution >= 4 is 45.1 Å². The van der Waals surface area contributed by atoms with E-state index < -0.39 is 0 Å². The summed E-state index contributed by atoms with van der Waals surface area (Å²) in [6.07, 6.45) is 5.03. The van der Waals surface area contributed by atoms with Crippen molar-refractivity contribution < 1.29 is 9.53 Å². The van der Waals surface area contributed by atoms with Crippen molar-refractivity contribution in [3.8, 4) is 0 Å². The molecule has 0 unspecified atom stereocenters. The molecule has 2 aromatic rings. The molecule has 1 fully saturated rings. The van der Waals surface area contributed by atoms with Crippen LogP contribution in [0, 0.1) is 0 Å². The summed E-state index contributed by atoms with van der Waals surface area (Å²) < 4.78 is 5.98. The summed E-state index contributed by atoms with van der Waals surface area (Å²) in [5.41, 5.74) is 0.